The van der Waals surface area contributed by atoms with E-state index in [0.29, 0.717) is 6.04 Å². The van der Waals surface area contributed by atoms with Gasteiger partial charge in [-0.1, -0.05) is 6.92 Å². The first kappa shape index (κ1) is 16.2. The third-order valence-electron chi connectivity index (χ3n) is 3.82. The van der Waals surface area contributed by atoms with Gasteiger partial charge in [0.05, 0.1) is 11.3 Å². The predicted octanol–water partition coefficient (Wildman–Crippen LogP) is 2.80. The summed E-state index contributed by atoms with van der Waals surface area (Å²) in [5, 5.41) is 8.02. The number of ether oxygens (including phenoxy) is 1. The van der Waals surface area contributed by atoms with Crippen molar-refractivity contribution in [1.29, 1.82) is 0 Å². The number of rotatable bonds is 8. The fourth-order valence-corrected chi connectivity index (χ4v) is 2.30. The van der Waals surface area contributed by atoms with Crippen molar-refractivity contribution in [2.45, 2.75) is 65.1 Å². The molecule has 0 amide bonds. The Balaban J connectivity index is 2.73. The molecule has 1 aromatic rings. The van der Waals surface area contributed by atoms with E-state index in [1.54, 1.807) is 0 Å². The van der Waals surface area contributed by atoms with Crippen LogP contribution in [0.3, 0.4) is 0 Å². The highest BCUT2D eigenvalue weighted by atomic mass is 16.5. The summed E-state index contributed by atoms with van der Waals surface area (Å²) in [5.41, 5.74) is 0.927. The van der Waals surface area contributed by atoms with Crippen LogP contribution in [0.1, 0.15) is 52.8 Å². The van der Waals surface area contributed by atoms with Crippen molar-refractivity contribution in [2.75, 3.05) is 13.7 Å². The number of aromatic nitrogens is 2. The molecule has 2 unspecified atom stereocenters. The summed E-state index contributed by atoms with van der Waals surface area (Å²) in [6.45, 7) is 11.4. The second kappa shape index (κ2) is 7.06. The number of nitrogens with zero attached hydrogens (tertiary/aromatic N) is 2. The number of hydrogen-bond acceptors (Lipinski definition) is 3. The van der Waals surface area contributed by atoms with E-state index in [1.165, 1.54) is 0 Å². The van der Waals surface area contributed by atoms with E-state index < -0.39 is 0 Å². The van der Waals surface area contributed by atoms with E-state index in [9.17, 15) is 0 Å². The molecule has 4 heteroatoms. The molecule has 0 spiro atoms. The smallest absolute Gasteiger partial charge is 0.0782 e. The summed E-state index contributed by atoms with van der Waals surface area (Å²) in [4.78, 5) is 0. The highest BCUT2D eigenvalue weighted by molar-refractivity contribution is 5.05. The summed E-state index contributed by atoms with van der Waals surface area (Å²) in [6.07, 6.45) is 4.05. The van der Waals surface area contributed by atoms with Gasteiger partial charge in [-0.2, -0.15) is 5.10 Å². The Bertz CT molecular complexity index is 373. The molecule has 110 valence electrons. The van der Waals surface area contributed by atoms with Gasteiger partial charge in [0.1, 0.15) is 0 Å². The standard InChI is InChI=1S/C15H29N3O/c1-7-12(3)18-10-9-13(17-18)11-14(16-6)15(4,5)19-8-2/h9-10,12,14,16H,7-8,11H2,1-6H3. The highest BCUT2D eigenvalue weighted by Gasteiger charge is 2.29. The molecule has 0 saturated carbocycles. The molecule has 19 heavy (non-hydrogen) atoms. The van der Waals surface area contributed by atoms with Gasteiger partial charge >= 0.3 is 0 Å². The average molecular weight is 267 g/mol. The zero-order chi connectivity index (χ0) is 14.5. The molecule has 0 fully saturated rings. The van der Waals surface area contributed by atoms with E-state index in [0.717, 1.165) is 25.1 Å². The molecule has 0 aliphatic heterocycles. The molecule has 1 heterocycles. The third-order valence-corrected chi connectivity index (χ3v) is 3.82. The van der Waals surface area contributed by atoms with E-state index >= 15 is 0 Å². The monoisotopic (exact) mass is 267 g/mol. The molecule has 4 nitrogen and oxygen atoms in total. The summed E-state index contributed by atoms with van der Waals surface area (Å²) in [6, 6.07) is 2.83. The van der Waals surface area contributed by atoms with Crippen molar-refractivity contribution < 1.29 is 4.74 Å². The second-order valence-electron chi connectivity index (χ2n) is 5.63. The molecule has 0 bridgehead atoms. The van der Waals surface area contributed by atoms with Gasteiger partial charge in [0.25, 0.3) is 0 Å². The lowest BCUT2D eigenvalue weighted by molar-refractivity contribution is -0.0365. The van der Waals surface area contributed by atoms with Gasteiger partial charge in [0.2, 0.25) is 0 Å². The Labute approximate surface area is 117 Å². The van der Waals surface area contributed by atoms with Crippen LogP contribution in [-0.2, 0) is 11.2 Å². The van der Waals surface area contributed by atoms with E-state index in [2.05, 4.69) is 55.1 Å². The minimum Gasteiger partial charge on any atom is -0.374 e. The maximum Gasteiger partial charge on any atom is 0.0782 e. The highest BCUT2D eigenvalue weighted by Crippen LogP contribution is 2.19. The van der Waals surface area contributed by atoms with Crippen LogP contribution in [-0.4, -0.2) is 35.1 Å². The minimum absolute atomic E-state index is 0.191. The van der Waals surface area contributed by atoms with Crippen molar-refractivity contribution in [3.8, 4) is 0 Å². The Morgan fingerprint density at radius 3 is 2.63 bits per heavy atom. The number of hydrogen-bond donors (Lipinski definition) is 1. The zero-order valence-corrected chi connectivity index (χ0v) is 13.2. The fourth-order valence-electron chi connectivity index (χ4n) is 2.30. The first-order valence-electron chi connectivity index (χ1n) is 7.29. The summed E-state index contributed by atoms with van der Waals surface area (Å²) < 4.78 is 7.88. The van der Waals surface area contributed by atoms with Crippen LogP contribution in [0, 0.1) is 0 Å². The summed E-state index contributed by atoms with van der Waals surface area (Å²) in [7, 11) is 1.98. The maximum atomic E-state index is 5.83. The molecular weight excluding hydrogens is 238 g/mol. The Morgan fingerprint density at radius 2 is 2.11 bits per heavy atom. The second-order valence-corrected chi connectivity index (χ2v) is 5.63. The SMILES string of the molecule is CCOC(C)(C)C(Cc1ccn(C(C)CC)n1)NC. The molecule has 1 N–H and O–H groups in total. The Morgan fingerprint density at radius 1 is 1.42 bits per heavy atom. The number of likely N-dealkylation sites (N-methyl/N-ethyl adjacent to an activating group) is 1. The van der Waals surface area contributed by atoms with Gasteiger partial charge in [-0.25, -0.2) is 0 Å². The maximum absolute atomic E-state index is 5.83. The molecular formula is C15H29N3O. The van der Waals surface area contributed by atoms with E-state index in [4.69, 9.17) is 4.74 Å². The van der Waals surface area contributed by atoms with Crippen LogP contribution in [0.4, 0.5) is 0 Å². The van der Waals surface area contributed by atoms with Crippen molar-refractivity contribution >= 4 is 0 Å². The molecule has 2 atom stereocenters. The minimum atomic E-state index is -0.191. The van der Waals surface area contributed by atoms with Gasteiger partial charge in [0.15, 0.2) is 0 Å². The first-order chi connectivity index (χ1) is 8.94. The van der Waals surface area contributed by atoms with Gasteiger partial charge in [-0.3, -0.25) is 4.68 Å². The number of nitrogens with one attached hydrogen (secondary N) is 1. The molecule has 0 aliphatic carbocycles. The topological polar surface area (TPSA) is 39.1 Å². The van der Waals surface area contributed by atoms with Gasteiger partial charge in [-0.15, -0.1) is 0 Å². The normalized spacial score (nSPS) is 15.5. The van der Waals surface area contributed by atoms with Crippen LogP contribution >= 0.6 is 0 Å². The lowest BCUT2D eigenvalue weighted by Crippen LogP contribution is -2.48. The van der Waals surface area contributed by atoms with Crippen molar-refractivity contribution in [3.63, 3.8) is 0 Å². The van der Waals surface area contributed by atoms with Crippen LogP contribution in [0.15, 0.2) is 12.3 Å². The lowest BCUT2D eigenvalue weighted by atomic mass is 9.94. The fraction of sp³-hybridized carbons (Fsp3) is 0.800. The summed E-state index contributed by atoms with van der Waals surface area (Å²) in [5.74, 6) is 0. The molecule has 0 radical (unpaired) electrons. The molecule has 0 saturated heterocycles. The van der Waals surface area contributed by atoms with Crippen LogP contribution in [0.2, 0.25) is 0 Å². The van der Waals surface area contributed by atoms with Crippen molar-refractivity contribution in [2.24, 2.45) is 0 Å². The molecule has 1 rings (SSSR count). The van der Waals surface area contributed by atoms with Gasteiger partial charge in [0, 0.05) is 31.3 Å². The van der Waals surface area contributed by atoms with Gasteiger partial charge < -0.3 is 10.1 Å². The van der Waals surface area contributed by atoms with Crippen molar-refractivity contribution in [3.05, 3.63) is 18.0 Å². The van der Waals surface area contributed by atoms with Crippen LogP contribution < -0.4 is 5.32 Å². The average Bonchev–Trinajstić information content (AvgIpc) is 2.83. The van der Waals surface area contributed by atoms with Gasteiger partial charge in [-0.05, 0) is 47.2 Å². The quantitative estimate of drug-likeness (QED) is 0.787. The zero-order valence-electron chi connectivity index (χ0n) is 13.2. The van der Waals surface area contributed by atoms with Crippen LogP contribution in [0.5, 0.6) is 0 Å². The summed E-state index contributed by atoms with van der Waals surface area (Å²) >= 11 is 0. The Kier molecular flexibility index (Phi) is 6.01. The van der Waals surface area contributed by atoms with Crippen LogP contribution in [0.25, 0.3) is 0 Å². The largest absolute Gasteiger partial charge is 0.374 e. The van der Waals surface area contributed by atoms with E-state index in [-0.39, 0.29) is 11.6 Å². The molecule has 1 aromatic heterocycles. The van der Waals surface area contributed by atoms with Crippen molar-refractivity contribution in [1.82, 2.24) is 15.1 Å². The Hall–Kier alpha value is -0.870. The predicted molar refractivity (Wildman–Crippen MR) is 79.5 cm³/mol. The molecule has 0 aliphatic rings. The molecule has 0 aromatic carbocycles. The lowest BCUT2D eigenvalue weighted by Gasteiger charge is -2.33. The van der Waals surface area contributed by atoms with E-state index in [1.807, 2.05) is 14.0 Å². The first-order valence-corrected chi connectivity index (χ1v) is 7.29. The third kappa shape index (κ3) is 4.32.